The van der Waals surface area contributed by atoms with Crippen molar-refractivity contribution in [3.63, 3.8) is 0 Å². The maximum absolute atomic E-state index is 12.2. The molecule has 0 fully saturated rings. The number of rotatable bonds is 5. The van der Waals surface area contributed by atoms with Crippen molar-refractivity contribution < 1.29 is 4.79 Å². The number of nitrogens with one attached hydrogen (secondary N) is 2. The highest BCUT2D eigenvalue weighted by Crippen LogP contribution is 2.22. The lowest BCUT2D eigenvalue weighted by Gasteiger charge is -2.20. The van der Waals surface area contributed by atoms with Crippen LogP contribution < -0.4 is 10.6 Å². The van der Waals surface area contributed by atoms with E-state index in [0.717, 1.165) is 15.7 Å². The van der Waals surface area contributed by atoms with Crippen LogP contribution in [0.1, 0.15) is 25.5 Å². The Labute approximate surface area is 144 Å². The molecule has 3 nitrogen and oxygen atoms in total. The molecule has 0 aliphatic rings. The van der Waals surface area contributed by atoms with Gasteiger partial charge in [0.15, 0.2) is 0 Å². The Kier molecular flexibility index (Phi) is 6.00. The van der Waals surface area contributed by atoms with Gasteiger partial charge in [-0.05, 0) is 49.7 Å². The first-order valence-corrected chi connectivity index (χ1v) is 8.21. The van der Waals surface area contributed by atoms with Crippen molar-refractivity contribution in [2.75, 3.05) is 5.32 Å². The SMILES string of the molecule is C[C@H](N[C@@H](C)c1ccccc1Cl)C(=O)Nc1ccc(Br)cc1. The molecule has 0 saturated heterocycles. The van der Waals surface area contributed by atoms with E-state index >= 15 is 0 Å². The first-order chi connectivity index (χ1) is 10.5. The second-order valence-electron chi connectivity index (χ2n) is 5.13. The molecule has 0 aliphatic heterocycles. The number of hydrogen-bond donors (Lipinski definition) is 2. The van der Waals surface area contributed by atoms with Crippen LogP contribution in [0.5, 0.6) is 0 Å². The summed E-state index contributed by atoms with van der Waals surface area (Å²) in [6.07, 6.45) is 0. The standard InChI is InChI=1S/C17H18BrClN2O/c1-11(15-5-3-4-6-16(15)19)20-12(2)17(22)21-14-9-7-13(18)8-10-14/h3-12,20H,1-2H3,(H,21,22)/t11-,12-/m0/s1. The van der Waals surface area contributed by atoms with Gasteiger partial charge in [0.2, 0.25) is 5.91 Å². The van der Waals surface area contributed by atoms with E-state index in [0.29, 0.717) is 5.02 Å². The largest absolute Gasteiger partial charge is 0.325 e. The van der Waals surface area contributed by atoms with Gasteiger partial charge in [-0.15, -0.1) is 0 Å². The molecule has 0 unspecified atom stereocenters. The fraction of sp³-hybridized carbons (Fsp3) is 0.235. The summed E-state index contributed by atoms with van der Waals surface area (Å²) >= 11 is 9.55. The van der Waals surface area contributed by atoms with E-state index in [1.54, 1.807) is 0 Å². The summed E-state index contributed by atoms with van der Waals surface area (Å²) < 4.78 is 0.976. The van der Waals surface area contributed by atoms with E-state index < -0.39 is 0 Å². The van der Waals surface area contributed by atoms with Crippen LogP contribution in [0.4, 0.5) is 5.69 Å². The molecule has 0 heterocycles. The van der Waals surface area contributed by atoms with Crippen LogP contribution in [-0.2, 0) is 4.79 Å². The fourth-order valence-corrected chi connectivity index (χ4v) is 2.71. The minimum atomic E-state index is -0.338. The Morgan fingerprint density at radius 1 is 1.09 bits per heavy atom. The molecular formula is C17H18BrClN2O. The first-order valence-electron chi connectivity index (χ1n) is 7.04. The Hall–Kier alpha value is -1.36. The second kappa shape index (κ2) is 7.77. The van der Waals surface area contributed by atoms with Crippen LogP contribution in [0.25, 0.3) is 0 Å². The number of carbonyl (C=O) groups excluding carboxylic acids is 1. The van der Waals surface area contributed by atoms with Crippen molar-refractivity contribution in [1.29, 1.82) is 0 Å². The topological polar surface area (TPSA) is 41.1 Å². The molecule has 0 aromatic heterocycles. The molecule has 0 aliphatic carbocycles. The van der Waals surface area contributed by atoms with Gasteiger partial charge < -0.3 is 5.32 Å². The highest BCUT2D eigenvalue weighted by molar-refractivity contribution is 9.10. The van der Waals surface area contributed by atoms with Crippen molar-refractivity contribution in [1.82, 2.24) is 5.32 Å². The lowest BCUT2D eigenvalue weighted by atomic mass is 10.1. The van der Waals surface area contributed by atoms with E-state index in [2.05, 4.69) is 26.6 Å². The molecular weight excluding hydrogens is 364 g/mol. The summed E-state index contributed by atoms with van der Waals surface area (Å²) in [6, 6.07) is 14.8. The predicted molar refractivity (Wildman–Crippen MR) is 95.2 cm³/mol. The molecule has 5 heteroatoms. The molecule has 22 heavy (non-hydrogen) atoms. The molecule has 116 valence electrons. The molecule has 0 spiro atoms. The number of carbonyl (C=O) groups is 1. The van der Waals surface area contributed by atoms with Crippen molar-refractivity contribution in [2.45, 2.75) is 25.9 Å². The molecule has 2 N–H and O–H groups in total. The van der Waals surface area contributed by atoms with Crippen LogP contribution in [0, 0.1) is 0 Å². The van der Waals surface area contributed by atoms with E-state index in [1.165, 1.54) is 0 Å². The number of hydrogen-bond acceptors (Lipinski definition) is 2. The monoisotopic (exact) mass is 380 g/mol. The average Bonchev–Trinajstić information content (AvgIpc) is 2.49. The van der Waals surface area contributed by atoms with Gasteiger partial charge in [-0.3, -0.25) is 10.1 Å². The number of anilines is 1. The number of benzene rings is 2. The molecule has 1 amide bonds. The van der Waals surface area contributed by atoms with Gasteiger partial charge in [0.1, 0.15) is 0 Å². The highest BCUT2D eigenvalue weighted by atomic mass is 79.9. The van der Waals surface area contributed by atoms with E-state index in [-0.39, 0.29) is 18.0 Å². The quantitative estimate of drug-likeness (QED) is 0.782. The third-order valence-electron chi connectivity index (χ3n) is 3.38. The van der Waals surface area contributed by atoms with Gasteiger partial charge in [-0.1, -0.05) is 45.7 Å². The van der Waals surface area contributed by atoms with Gasteiger partial charge in [0, 0.05) is 21.2 Å². The van der Waals surface area contributed by atoms with Crippen molar-refractivity contribution in [3.8, 4) is 0 Å². The van der Waals surface area contributed by atoms with Crippen LogP contribution in [0.15, 0.2) is 53.0 Å². The smallest absolute Gasteiger partial charge is 0.241 e. The third-order valence-corrected chi connectivity index (χ3v) is 4.25. The van der Waals surface area contributed by atoms with Gasteiger partial charge in [0.05, 0.1) is 6.04 Å². The second-order valence-corrected chi connectivity index (χ2v) is 6.45. The van der Waals surface area contributed by atoms with Crippen molar-refractivity contribution >= 4 is 39.1 Å². The lowest BCUT2D eigenvalue weighted by molar-refractivity contribution is -0.117. The molecule has 2 aromatic carbocycles. The summed E-state index contributed by atoms with van der Waals surface area (Å²) in [4.78, 5) is 12.2. The summed E-state index contributed by atoms with van der Waals surface area (Å²) in [6.45, 7) is 3.83. The van der Waals surface area contributed by atoms with Crippen LogP contribution in [0.3, 0.4) is 0 Å². The summed E-state index contributed by atoms with van der Waals surface area (Å²) in [5.74, 6) is -0.0822. The van der Waals surface area contributed by atoms with Crippen molar-refractivity contribution in [2.24, 2.45) is 0 Å². The van der Waals surface area contributed by atoms with Gasteiger partial charge >= 0.3 is 0 Å². The Morgan fingerprint density at radius 3 is 2.36 bits per heavy atom. The predicted octanol–water partition coefficient (Wildman–Crippen LogP) is 4.78. The maximum atomic E-state index is 12.2. The zero-order chi connectivity index (χ0) is 16.1. The molecule has 0 saturated carbocycles. The number of amides is 1. The Morgan fingerprint density at radius 2 is 1.73 bits per heavy atom. The van der Waals surface area contributed by atoms with Crippen molar-refractivity contribution in [3.05, 3.63) is 63.6 Å². The van der Waals surface area contributed by atoms with E-state index in [1.807, 2.05) is 62.4 Å². The molecule has 2 rings (SSSR count). The summed E-state index contributed by atoms with van der Waals surface area (Å²) in [7, 11) is 0. The summed E-state index contributed by atoms with van der Waals surface area (Å²) in [5, 5.41) is 6.84. The zero-order valence-electron chi connectivity index (χ0n) is 12.4. The van der Waals surface area contributed by atoms with Crippen LogP contribution >= 0.6 is 27.5 Å². The average molecular weight is 382 g/mol. The fourth-order valence-electron chi connectivity index (χ4n) is 2.15. The highest BCUT2D eigenvalue weighted by Gasteiger charge is 2.17. The minimum absolute atomic E-state index is 0.0145. The first kappa shape index (κ1) is 17.0. The van der Waals surface area contributed by atoms with Gasteiger partial charge in [0.25, 0.3) is 0 Å². The summed E-state index contributed by atoms with van der Waals surface area (Å²) in [5.41, 5.74) is 1.75. The normalized spacial score (nSPS) is 13.5. The Bertz CT molecular complexity index is 645. The molecule has 0 bridgehead atoms. The Balaban J connectivity index is 1.96. The van der Waals surface area contributed by atoms with E-state index in [9.17, 15) is 4.79 Å². The van der Waals surface area contributed by atoms with Crippen LogP contribution in [-0.4, -0.2) is 11.9 Å². The zero-order valence-corrected chi connectivity index (χ0v) is 14.8. The number of halogens is 2. The molecule has 2 aromatic rings. The third kappa shape index (κ3) is 4.57. The molecule has 0 radical (unpaired) electrons. The van der Waals surface area contributed by atoms with Crippen LogP contribution in [0.2, 0.25) is 5.02 Å². The lowest BCUT2D eigenvalue weighted by Crippen LogP contribution is -2.39. The van der Waals surface area contributed by atoms with Gasteiger partial charge in [-0.2, -0.15) is 0 Å². The van der Waals surface area contributed by atoms with E-state index in [4.69, 9.17) is 11.6 Å². The maximum Gasteiger partial charge on any atom is 0.241 e. The van der Waals surface area contributed by atoms with Gasteiger partial charge in [-0.25, -0.2) is 0 Å². The minimum Gasteiger partial charge on any atom is -0.325 e. The molecule has 2 atom stereocenters.